The van der Waals surface area contributed by atoms with E-state index >= 15 is 0 Å². The molecule has 1 atom stereocenters. The van der Waals surface area contributed by atoms with Gasteiger partial charge in [0.05, 0.1) is 11.1 Å². The zero-order valence-electron chi connectivity index (χ0n) is 8.03. The molecule has 0 amide bonds. The van der Waals surface area contributed by atoms with Crippen LogP contribution in [0.2, 0.25) is 5.02 Å². The van der Waals surface area contributed by atoms with Crippen LogP contribution in [0.5, 0.6) is 0 Å². The van der Waals surface area contributed by atoms with Crippen LogP contribution in [0.25, 0.3) is 0 Å². The van der Waals surface area contributed by atoms with Gasteiger partial charge in [0.1, 0.15) is 5.69 Å². The summed E-state index contributed by atoms with van der Waals surface area (Å²) in [4.78, 5) is 10.8. The first-order chi connectivity index (χ1) is 6.54. The Morgan fingerprint density at radius 2 is 2.43 bits per heavy atom. The number of carbonyl (C=O) groups is 1. The van der Waals surface area contributed by atoms with E-state index in [1.165, 1.54) is 6.07 Å². The first-order valence-corrected chi connectivity index (χ1v) is 4.54. The number of carboxylic acids is 1. The third-order valence-corrected chi connectivity index (χ3v) is 2.15. The number of halogens is 1. The Morgan fingerprint density at radius 1 is 1.79 bits per heavy atom. The quantitative estimate of drug-likeness (QED) is 0.838. The SMILES string of the molecule is COC(C)Cn1cc(Cl)cc1C(=O)O. The summed E-state index contributed by atoms with van der Waals surface area (Å²) in [7, 11) is 1.58. The van der Waals surface area contributed by atoms with E-state index in [0.29, 0.717) is 11.6 Å². The van der Waals surface area contributed by atoms with Gasteiger partial charge in [0.25, 0.3) is 0 Å². The zero-order valence-corrected chi connectivity index (χ0v) is 8.78. The minimum absolute atomic E-state index is 0.0448. The molecule has 0 saturated heterocycles. The van der Waals surface area contributed by atoms with Gasteiger partial charge in [-0.25, -0.2) is 4.79 Å². The molecule has 78 valence electrons. The van der Waals surface area contributed by atoms with Crippen LogP contribution in [0.1, 0.15) is 17.4 Å². The van der Waals surface area contributed by atoms with Crippen molar-refractivity contribution in [2.75, 3.05) is 7.11 Å². The number of aromatic nitrogens is 1. The number of rotatable bonds is 4. The maximum atomic E-state index is 10.8. The summed E-state index contributed by atoms with van der Waals surface area (Å²) < 4.78 is 6.61. The molecule has 1 aromatic rings. The van der Waals surface area contributed by atoms with Crippen LogP contribution >= 0.6 is 11.6 Å². The number of hydrogen-bond acceptors (Lipinski definition) is 2. The average Bonchev–Trinajstić information content (AvgIpc) is 2.46. The Labute approximate surface area is 87.0 Å². The Bertz CT molecular complexity index is 335. The number of aromatic carboxylic acids is 1. The van der Waals surface area contributed by atoms with Gasteiger partial charge in [0.15, 0.2) is 0 Å². The lowest BCUT2D eigenvalue weighted by atomic mass is 10.3. The fraction of sp³-hybridized carbons (Fsp3) is 0.444. The normalized spacial score (nSPS) is 12.8. The van der Waals surface area contributed by atoms with E-state index in [1.807, 2.05) is 6.92 Å². The van der Waals surface area contributed by atoms with E-state index in [2.05, 4.69) is 0 Å². The van der Waals surface area contributed by atoms with Crippen molar-refractivity contribution in [1.29, 1.82) is 0 Å². The smallest absolute Gasteiger partial charge is 0.352 e. The summed E-state index contributed by atoms with van der Waals surface area (Å²) in [6, 6.07) is 1.42. The van der Waals surface area contributed by atoms with Crippen LogP contribution in [0, 0.1) is 0 Å². The van der Waals surface area contributed by atoms with Crippen molar-refractivity contribution >= 4 is 17.6 Å². The summed E-state index contributed by atoms with van der Waals surface area (Å²) >= 11 is 5.71. The number of hydrogen-bond donors (Lipinski definition) is 1. The maximum absolute atomic E-state index is 10.8. The van der Waals surface area contributed by atoms with Crippen molar-refractivity contribution in [2.24, 2.45) is 0 Å². The van der Waals surface area contributed by atoms with Crippen LogP contribution in [-0.2, 0) is 11.3 Å². The second-order valence-electron chi connectivity index (χ2n) is 3.05. The Morgan fingerprint density at radius 3 is 2.93 bits per heavy atom. The monoisotopic (exact) mass is 217 g/mol. The fourth-order valence-electron chi connectivity index (χ4n) is 1.16. The zero-order chi connectivity index (χ0) is 10.7. The van der Waals surface area contributed by atoms with E-state index in [4.69, 9.17) is 21.4 Å². The van der Waals surface area contributed by atoms with E-state index in [1.54, 1.807) is 17.9 Å². The van der Waals surface area contributed by atoms with Crippen molar-refractivity contribution in [1.82, 2.24) is 4.57 Å². The summed E-state index contributed by atoms with van der Waals surface area (Å²) in [6.07, 6.45) is 1.54. The van der Waals surface area contributed by atoms with E-state index in [-0.39, 0.29) is 11.8 Å². The Balaban J connectivity index is 2.89. The molecule has 1 rings (SSSR count). The van der Waals surface area contributed by atoms with Crippen LogP contribution in [0.3, 0.4) is 0 Å². The van der Waals surface area contributed by atoms with Crippen molar-refractivity contribution in [3.8, 4) is 0 Å². The minimum atomic E-state index is -0.986. The van der Waals surface area contributed by atoms with Gasteiger partial charge in [-0.2, -0.15) is 0 Å². The van der Waals surface area contributed by atoms with E-state index in [9.17, 15) is 4.79 Å². The molecule has 0 aromatic carbocycles. The molecule has 0 aliphatic rings. The predicted molar refractivity (Wildman–Crippen MR) is 52.9 cm³/mol. The molecule has 0 aliphatic carbocycles. The molecule has 5 heteroatoms. The first-order valence-electron chi connectivity index (χ1n) is 4.16. The number of ether oxygens (including phenoxy) is 1. The molecule has 1 heterocycles. The van der Waals surface area contributed by atoms with Crippen molar-refractivity contribution in [3.63, 3.8) is 0 Å². The molecule has 1 aromatic heterocycles. The van der Waals surface area contributed by atoms with Gasteiger partial charge in [-0.1, -0.05) is 11.6 Å². The molecular formula is C9H12ClNO3. The number of carboxylic acid groups (broad SMARTS) is 1. The highest BCUT2D eigenvalue weighted by Gasteiger charge is 2.13. The molecule has 0 bridgehead atoms. The third-order valence-electron chi connectivity index (χ3n) is 1.94. The van der Waals surface area contributed by atoms with Gasteiger partial charge in [0, 0.05) is 19.9 Å². The second kappa shape index (κ2) is 4.48. The molecule has 0 radical (unpaired) electrons. The maximum Gasteiger partial charge on any atom is 0.352 e. The summed E-state index contributed by atoms with van der Waals surface area (Å²) in [5.41, 5.74) is 0.180. The molecule has 1 unspecified atom stereocenters. The highest BCUT2D eigenvalue weighted by Crippen LogP contribution is 2.15. The Kier molecular flexibility index (Phi) is 3.55. The minimum Gasteiger partial charge on any atom is -0.477 e. The first kappa shape index (κ1) is 11.1. The lowest BCUT2D eigenvalue weighted by molar-refractivity contribution is 0.0672. The molecule has 1 N–H and O–H groups in total. The molecule has 14 heavy (non-hydrogen) atoms. The summed E-state index contributed by atoms with van der Waals surface area (Å²) in [5, 5.41) is 9.27. The van der Waals surface area contributed by atoms with Gasteiger partial charge in [-0.15, -0.1) is 0 Å². The van der Waals surface area contributed by atoms with Crippen molar-refractivity contribution in [3.05, 3.63) is 23.0 Å². The summed E-state index contributed by atoms with van der Waals surface area (Å²) in [6.45, 7) is 2.34. The fourth-order valence-corrected chi connectivity index (χ4v) is 1.38. The molecule has 0 saturated carbocycles. The van der Waals surface area contributed by atoms with Crippen LogP contribution in [-0.4, -0.2) is 28.9 Å². The Hall–Kier alpha value is -1.00. The van der Waals surface area contributed by atoms with Gasteiger partial charge >= 0.3 is 5.97 Å². The lowest BCUT2D eigenvalue weighted by Crippen LogP contribution is -2.17. The lowest BCUT2D eigenvalue weighted by Gasteiger charge is -2.11. The number of nitrogens with zero attached hydrogens (tertiary/aromatic N) is 1. The van der Waals surface area contributed by atoms with Crippen LogP contribution < -0.4 is 0 Å². The highest BCUT2D eigenvalue weighted by molar-refractivity contribution is 6.30. The van der Waals surface area contributed by atoms with Crippen LogP contribution in [0.4, 0.5) is 0 Å². The summed E-state index contributed by atoms with van der Waals surface area (Å²) in [5.74, 6) is -0.986. The van der Waals surface area contributed by atoms with E-state index in [0.717, 1.165) is 0 Å². The van der Waals surface area contributed by atoms with Crippen molar-refractivity contribution in [2.45, 2.75) is 19.6 Å². The second-order valence-corrected chi connectivity index (χ2v) is 3.48. The van der Waals surface area contributed by atoms with Gasteiger partial charge < -0.3 is 14.4 Å². The largest absolute Gasteiger partial charge is 0.477 e. The standard InChI is InChI=1S/C9H12ClNO3/c1-6(14-2)4-11-5-7(10)3-8(11)9(12)13/h3,5-6H,4H2,1-2H3,(H,12,13). The van der Waals surface area contributed by atoms with Gasteiger partial charge in [0.2, 0.25) is 0 Å². The molecule has 0 fully saturated rings. The molecular weight excluding hydrogens is 206 g/mol. The average molecular weight is 218 g/mol. The molecule has 4 nitrogen and oxygen atoms in total. The highest BCUT2D eigenvalue weighted by atomic mass is 35.5. The van der Waals surface area contributed by atoms with Gasteiger partial charge in [-0.3, -0.25) is 0 Å². The predicted octanol–water partition coefficient (Wildman–Crippen LogP) is 1.87. The van der Waals surface area contributed by atoms with Crippen LogP contribution in [0.15, 0.2) is 12.3 Å². The topological polar surface area (TPSA) is 51.5 Å². The van der Waals surface area contributed by atoms with E-state index < -0.39 is 5.97 Å². The molecule has 0 aliphatic heterocycles. The number of methoxy groups -OCH3 is 1. The third kappa shape index (κ3) is 2.49. The van der Waals surface area contributed by atoms with Gasteiger partial charge in [-0.05, 0) is 13.0 Å². The molecule has 0 spiro atoms. The van der Waals surface area contributed by atoms with Crippen molar-refractivity contribution < 1.29 is 14.6 Å².